The van der Waals surface area contributed by atoms with E-state index in [0.717, 1.165) is 11.1 Å². The molecule has 1 aliphatic heterocycles. The number of aromatic nitrogens is 4. The lowest BCUT2D eigenvalue weighted by Gasteiger charge is -2.05. The molecule has 0 bridgehead atoms. The summed E-state index contributed by atoms with van der Waals surface area (Å²) in [5, 5.41) is 0. The van der Waals surface area contributed by atoms with Gasteiger partial charge < -0.3 is 9.72 Å². The molecule has 1 aliphatic rings. The maximum absolute atomic E-state index is 13.7. The first kappa shape index (κ1) is 10.4. The van der Waals surface area contributed by atoms with Crippen LogP contribution in [0.3, 0.4) is 0 Å². The van der Waals surface area contributed by atoms with Crippen LogP contribution in [0.1, 0.15) is 5.56 Å². The highest BCUT2D eigenvalue weighted by Crippen LogP contribution is 2.37. The van der Waals surface area contributed by atoms with Crippen LogP contribution in [0.2, 0.25) is 0 Å². The van der Waals surface area contributed by atoms with Gasteiger partial charge in [0.05, 0.1) is 18.4 Å². The molecular weight excluding hydrogens is 247 g/mol. The Balaban J connectivity index is 1.95. The van der Waals surface area contributed by atoms with E-state index in [4.69, 9.17) is 4.74 Å². The van der Waals surface area contributed by atoms with Crippen molar-refractivity contribution in [1.29, 1.82) is 0 Å². The second-order valence-corrected chi connectivity index (χ2v) is 4.35. The van der Waals surface area contributed by atoms with Crippen LogP contribution in [-0.4, -0.2) is 26.5 Å². The third-order valence-corrected chi connectivity index (χ3v) is 3.22. The molecule has 19 heavy (non-hydrogen) atoms. The van der Waals surface area contributed by atoms with Gasteiger partial charge in [-0.3, -0.25) is 0 Å². The van der Waals surface area contributed by atoms with Crippen molar-refractivity contribution in [2.24, 2.45) is 0 Å². The molecule has 5 nitrogen and oxygen atoms in total. The van der Waals surface area contributed by atoms with E-state index >= 15 is 0 Å². The van der Waals surface area contributed by atoms with E-state index < -0.39 is 0 Å². The largest absolute Gasteiger partial charge is 0.492 e. The highest BCUT2D eigenvalue weighted by molar-refractivity contribution is 5.77. The van der Waals surface area contributed by atoms with Crippen LogP contribution < -0.4 is 4.74 Å². The summed E-state index contributed by atoms with van der Waals surface area (Å²) in [5.74, 6) is 0.966. The highest BCUT2D eigenvalue weighted by atomic mass is 19.1. The standard InChI is InChI=1S/C13H9FN4O/c14-9-2-1-8(11-7(9)3-4-19-11)12-17-10-5-15-6-16-13(10)18-12/h1-2,5-6H,3-4H2,(H,15,16,17,18). The molecule has 4 rings (SSSR count). The van der Waals surface area contributed by atoms with Gasteiger partial charge in [-0.2, -0.15) is 0 Å². The Kier molecular flexibility index (Phi) is 2.05. The Morgan fingerprint density at radius 1 is 1.32 bits per heavy atom. The summed E-state index contributed by atoms with van der Waals surface area (Å²) in [6.07, 6.45) is 3.69. The first-order valence-electron chi connectivity index (χ1n) is 5.93. The third kappa shape index (κ3) is 1.49. The summed E-state index contributed by atoms with van der Waals surface area (Å²) in [6, 6.07) is 3.12. The molecule has 0 fully saturated rings. The van der Waals surface area contributed by atoms with E-state index in [-0.39, 0.29) is 5.82 Å². The molecule has 0 saturated carbocycles. The summed E-state index contributed by atoms with van der Waals surface area (Å²) in [7, 11) is 0. The number of hydrogen-bond donors (Lipinski definition) is 1. The summed E-state index contributed by atoms with van der Waals surface area (Å²) < 4.78 is 19.2. The molecule has 6 heteroatoms. The Bertz CT molecular complexity index is 750. The van der Waals surface area contributed by atoms with Crippen molar-refractivity contribution in [2.45, 2.75) is 6.42 Å². The maximum Gasteiger partial charge on any atom is 0.181 e. The van der Waals surface area contributed by atoms with Crippen LogP contribution in [0.25, 0.3) is 22.6 Å². The van der Waals surface area contributed by atoms with Crippen LogP contribution in [0.5, 0.6) is 5.75 Å². The molecule has 0 aliphatic carbocycles. The second-order valence-electron chi connectivity index (χ2n) is 4.35. The van der Waals surface area contributed by atoms with Crippen LogP contribution >= 0.6 is 0 Å². The molecule has 1 N–H and O–H groups in total. The Labute approximate surface area is 107 Å². The van der Waals surface area contributed by atoms with Gasteiger partial charge in [-0.05, 0) is 12.1 Å². The molecule has 0 spiro atoms. The number of benzene rings is 1. The van der Waals surface area contributed by atoms with E-state index in [1.165, 1.54) is 12.4 Å². The third-order valence-electron chi connectivity index (χ3n) is 3.22. The lowest BCUT2D eigenvalue weighted by Crippen LogP contribution is -1.90. The number of nitrogens with one attached hydrogen (secondary N) is 1. The normalized spacial score (nSPS) is 13.5. The number of imidazole rings is 1. The minimum atomic E-state index is -0.229. The Hall–Kier alpha value is -2.50. The van der Waals surface area contributed by atoms with E-state index in [2.05, 4.69) is 19.9 Å². The van der Waals surface area contributed by atoms with Gasteiger partial charge in [-0.1, -0.05) is 0 Å². The first-order chi connectivity index (χ1) is 9.33. The summed E-state index contributed by atoms with van der Waals surface area (Å²) in [5.41, 5.74) is 2.70. The lowest BCUT2D eigenvalue weighted by molar-refractivity contribution is 0.358. The van der Waals surface area contributed by atoms with Crippen LogP contribution in [0.15, 0.2) is 24.7 Å². The SMILES string of the molecule is Fc1ccc(-c2nc3ncncc3[nH]2)c2c1CCO2. The minimum absolute atomic E-state index is 0.229. The van der Waals surface area contributed by atoms with E-state index in [1.54, 1.807) is 12.3 Å². The van der Waals surface area contributed by atoms with Crippen molar-refractivity contribution >= 4 is 11.2 Å². The van der Waals surface area contributed by atoms with Gasteiger partial charge >= 0.3 is 0 Å². The fourth-order valence-electron chi connectivity index (χ4n) is 2.33. The van der Waals surface area contributed by atoms with Gasteiger partial charge in [-0.25, -0.2) is 19.3 Å². The van der Waals surface area contributed by atoms with E-state index in [1.807, 2.05) is 0 Å². The predicted octanol–water partition coefficient (Wildman–Crippen LogP) is 2.09. The maximum atomic E-state index is 13.7. The van der Waals surface area contributed by atoms with Gasteiger partial charge in [0, 0.05) is 12.0 Å². The van der Waals surface area contributed by atoms with Gasteiger partial charge in [-0.15, -0.1) is 0 Å². The minimum Gasteiger partial charge on any atom is -0.492 e. The summed E-state index contributed by atoms with van der Waals surface area (Å²) in [6.45, 7) is 0.503. The van der Waals surface area contributed by atoms with Crippen LogP contribution in [-0.2, 0) is 6.42 Å². The smallest absolute Gasteiger partial charge is 0.181 e. The average Bonchev–Trinajstić information content (AvgIpc) is 3.05. The highest BCUT2D eigenvalue weighted by Gasteiger charge is 2.22. The number of H-pyrrole nitrogens is 1. The zero-order valence-electron chi connectivity index (χ0n) is 9.85. The topological polar surface area (TPSA) is 63.7 Å². The predicted molar refractivity (Wildman–Crippen MR) is 66.3 cm³/mol. The zero-order chi connectivity index (χ0) is 12.8. The van der Waals surface area contributed by atoms with Gasteiger partial charge in [0.1, 0.15) is 29.2 Å². The Morgan fingerprint density at radius 3 is 3.16 bits per heavy atom. The Morgan fingerprint density at radius 2 is 2.26 bits per heavy atom. The van der Waals surface area contributed by atoms with E-state index in [0.29, 0.717) is 35.8 Å². The van der Waals surface area contributed by atoms with Crippen molar-refractivity contribution in [3.05, 3.63) is 36.0 Å². The monoisotopic (exact) mass is 256 g/mol. The zero-order valence-corrected chi connectivity index (χ0v) is 9.85. The number of hydrogen-bond acceptors (Lipinski definition) is 4. The van der Waals surface area contributed by atoms with Crippen molar-refractivity contribution in [2.75, 3.05) is 6.61 Å². The van der Waals surface area contributed by atoms with Gasteiger partial charge in [0.15, 0.2) is 5.65 Å². The fraction of sp³-hybridized carbons (Fsp3) is 0.154. The molecule has 94 valence electrons. The molecule has 0 amide bonds. The van der Waals surface area contributed by atoms with E-state index in [9.17, 15) is 4.39 Å². The van der Waals surface area contributed by atoms with Crippen molar-refractivity contribution in [3.8, 4) is 17.1 Å². The van der Waals surface area contributed by atoms with Gasteiger partial charge in [0.2, 0.25) is 0 Å². The number of fused-ring (bicyclic) bond motifs is 2. The number of nitrogens with zero attached hydrogens (tertiary/aromatic N) is 3. The number of ether oxygens (including phenoxy) is 1. The van der Waals surface area contributed by atoms with Crippen molar-refractivity contribution < 1.29 is 9.13 Å². The molecule has 0 saturated heterocycles. The molecule has 3 heterocycles. The lowest BCUT2D eigenvalue weighted by atomic mass is 10.1. The molecular formula is C13H9FN4O. The summed E-state index contributed by atoms with van der Waals surface area (Å²) in [4.78, 5) is 15.5. The average molecular weight is 256 g/mol. The quantitative estimate of drug-likeness (QED) is 0.724. The second kappa shape index (κ2) is 3.74. The van der Waals surface area contributed by atoms with Gasteiger partial charge in [0.25, 0.3) is 0 Å². The molecule has 0 atom stereocenters. The van der Waals surface area contributed by atoms with Crippen LogP contribution in [0.4, 0.5) is 4.39 Å². The molecule has 2 aromatic heterocycles. The van der Waals surface area contributed by atoms with Crippen molar-refractivity contribution in [1.82, 2.24) is 19.9 Å². The fourth-order valence-corrected chi connectivity index (χ4v) is 2.33. The number of aromatic amines is 1. The van der Waals surface area contributed by atoms with Crippen molar-refractivity contribution in [3.63, 3.8) is 0 Å². The molecule has 0 unspecified atom stereocenters. The summed E-state index contributed by atoms with van der Waals surface area (Å²) >= 11 is 0. The first-order valence-corrected chi connectivity index (χ1v) is 5.93. The molecule has 3 aromatic rings. The molecule has 1 aromatic carbocycles. The van der Waals surface area contributed by atoms with Crippen LogP contribution in [0, 0.1) is 5.82 Å². The molecule has 0 radical (unpaired) electrons. The number of rotatable bonds is 1. The number of halogens is 1.